The van der Waals surface area contributed by atoms with Gasteiger partial charge in [-0.3, -0.25) is 4.79 Å². The summed E-state index contributed by atoms with van der Waals surface area (Å²) in [7, 11) is 0.522. The van der Waals surface area contributed by atoms with E-state index in [1.54, 1.807) is 0 Å². The molecule has 8 heavy (non-hydrogen) atoms. The highest BCUT2D eigenvalue weighted by molar-refractivity contribution is 6.01. The number of hydrogen-bond acceptors (Lipinski definition) is 4. The van der Waals surface area contributed by atoms with Crippen LogP contribution in [-0.2, 0) is 18.8 Å². The SMILES string of the molecule is C=O.C=O.O=CO[SiH3]. The fourth-order valence-corrected chi connectivity index (χ4v) is 0. The van der Waals surface area contributed by atoms with Crippen molar-refractivity contribution in [2.45, 2.75) is 0 Å². The van der Waals surface area contributed by atoms with Gasteiger partial charge in [-0.15, -0.1) is 0 Å². The van der Waals surface area contributed by atoms with E-state index in [-0.39, 0.29) is 0 Å². The molecule has 5 heteroatoms. The normalized spacial score (nSPS) is 4.00. The molecule has 0 heterocycles. The molecule has 0 saturated carbocycles. The largest absolute Gasteiger partial charge is 0.531 e. The molecule has 0 spiro atoms. The van der Waals surface area contributed by atoms with Crippen molar-refractivity contribution < 1.29 is 18.8 Å². The minimum Gasteiger partial charge on any atom is -0.531 e. The molecule has 0 bridgehead atoms. The van der Waals surface area contributed by atoms with Crippen LogP contribution >= 0.6 is 0 Å². The third-order valence-electron chi connectivity index (χ3n) is 0.0962. The van der Waals surface area contributed by atoms with Crippen LogP contribution in [0.1, 0.15) is 0 Å². The van der Waals surface area contributed by atoms with Gasteiger partial charge in [0.05, 0.1) is 0 Å². The topological polar surface area (TPSA) is 60.4 Å². The molecule has 0 amide bonds. The van der Waals surface area contributed by atoms with Gasteiger partial charge in [-0.05, 0) is 0 Å². The summed E-state index contributed by atoms with van der Waals surface area (Å²) in [6.45, 7) is 4.44. The highest BCUT2D eigenvalue weighted by Crippen LogP contribution is 1.32. The Balaban J connectivity index is -0.0000000542. The van der Waals surface area contributed by atoms with Gasteiger partial charge in [0.1, 0.15) is 13.6 Å². The Kier molecular flexibility index (Phi) is 284. The van der Waals surface area contributed by atoms with Crippen molar-refractivity contribution in [3.63, 3.8) is 0 Å². The van der Waals surface area contributed by atoms with Crippen molar-refractivity contribution in [2.24, 2.45) is 0 Å². The van der Waals surface area contributed by atoms with Gasteiger partial charge in [-0.25, -0.2) is 0 Å². The Bertz CT molecular complexity index is 38.3. The van der Waals surface area contributed by atoms with Crippen LogP contribution in [-0.4, -0.2) is 30.5 Å². The molecule has 0 aromatic carbocycles. The molecule has 0 rings (SSSR count). The molecule has 0 fully saturated rings. The maximum Gasteiger partial charge on any atom is 0.279 e. The van der Waals surface area contributed by atoms with Crippen LogP contribution in [0.4, 0.5) is 0 Å². The number of hydrogen-bond donors (Lipinski definition) is 0. The highest BCUT2D eigenvalue weighted by atomic mass is 28.2. The predicted octanol–water partition coefficient (Wildman–Crippen LogP) is -1.93. The fourth-order valence-electron chi connectivity index (χ4n) is 0. The predicted molar refractivity (Wildman–Crippen MR) is 31.3 cm³/mol. The summed E-state index contributed by atoms with van der Waals surface area (Å²) in [5.41, 5.74) is 0. The zero-order chi connectivity index (χ0) is 7.41. The maximum absolute atomic E-state index is 8.99. The van der Waals surface area contributed by atoms with E-state index in [9.17, 15) is 0 Å². The molecule has 0 aliphatic heterocycles. The highest BCUT2D eigenvalue weighted by Gasteiger charge is 1.44. The summed E-state index contributed by atoms with van der Waals surface area (Å²) in [5.74, 6) is 0. The average molecular weight is 136 g/mol. The van der Waals surface area contributed by atoms with Crippen LogP contribution in [0.15, 0.2) is 0 Å². The Morgan fingerprint density at radius 2 is 1.38 bits per heavy atom. The van der Waals surface area contributed by atoms with E-state index in [1.807, 2.05) is 13.6 Å². The lowest BCUT2D eigenvalue weighted by atomic mass is 11.7. The molecule has 0 unspecified atom stereocenters. The smallest absolute Gasteiger partial charge is 0.279 e. The van der Waals surface area contributed by atoms with Gasteiger partial charge in [-0.2, -0.15) is 0 Å². The minimum atomic E-state index is 0.437. The Morgan fingerprint density at radius 3 is 1.38 bits per heavy atom. The molecule has 48 valence electrons. The van der Waals surface area contributed by atoms with Gasteiger partial charge in [0.2, 0.25) is 10.5 Å². The molecule has 0 saturated heterocycles. The molecule has 0 aliphatic rings. The molecular formula is C3H8O4Si. The number of carbonyl (C=O) groups excluding carboxylic acids is 3. The summed E-state index contributed by atoms with van der Waals surface area (Å²) in [5, 5.41) is 0. The first kappa shape index (κ1) is 15.7. The molecule has 0 aromatic heterocycles. The third kappa shape index (κ3) is 113000. The standard InChI is InChI=1S/CH4O2Si.2CH2O/c2-1-3-4;2*1-2/h1H,4H3;2*1H2. The van der Waals surface area contributed by atoms with Crippen LogP contribution in [0.2, 0.25) is 0 Å². The number of carbonyl (C=O) groups is 3. The summed E-state index contributed by atoms with van der Waals surface area (Å²) < 4.78 is 4.00. The van der Waals surface area contributed by atoms with Crippen molar-refractivity contribution in [1.29, 1.82) is 0 Å². The van der Waals surface area contributed by atoms with Gasteiger partial charge in [0, 0.05) is 0 Å². The van der Waals surface area contributed by atoms with E-state index >= 15 is 0 Å². The van der Waals surface area contributed by atoms with Gasteiger partial charge in [-0.1, -0.05) is 0 Å². The van der Waals surface area contributed by atoms with Crippen LogP contribution < -0.4 is 0 Å². The molecule has 0 radical (unpaired) electrons. The van der Waals surface area contributed by atoms with Gasteiger partial charge in [0.25, 0.3) is 6.47 Å². The van der Waals surface area contributed by atoms with E-state index < -0.39 is 0 Å². The summed E-state index contributed by atoms with van der Waals surface area (Å²) in [6, 6.07) is 0. The molecule has 0 N–H and O–H groups in total. The second kappa shape index (κ2) is 144. The third-order valence-corrected chi connectivity index (χ3v) is 0.289. The van der Waals surface area contributed by atoms with Crippen molar-refractivity contribution in [3.8, 4) is 0 Å². The van der Waals surface area contributed by atoms with E-state index in [1.165, 1.54) is 0 Å². The monoisotopic (exact) mass is 136 g/mol. The summed E-state index contributed by atoms with van der Waals surface area (Å²) >= 11 is 0. The van der Waals surface area contributed by atoms with Crippen LogP contribution in [0.5, 0.6) is 0 Å². The number of rotatable bonds is 1. The quantitative estimate of drug-likeness (QED) is 0.311. The summed E-state index contributed by atoms with van der Waals surface area (Å²) in [4.78, 5) is 25.0. The molecular weight excluding hydrogens is 128 g/mol. The Morgan fingerprint density at radius 1 is 1.25 bits per heavy atom. The first-order valence-corrected chi connectivity index (χ1v) is 2.27. The van der Waals surface area contributed by atoms with E-state index in [2.05, 4.69) is 4.43 Å². The average Bonchev–Trinajstić information content (AvgIpc) is 1.96. The van der Waals surface area contributed by atoms with Gasteiger partial charge < -0.3 is 14.0 Å². The van der Waals surface area contributed by atoms with E-state index in [4.69, 9.17) is 14.4 Å². The summed E-state index contributed by atoms with van der Waals surface area (Å²) in [6.07, 6.45) is 0. The van der Waals surface area contributed by atoms with Crippen molar-refractivity contribution in [3.05, 3.63) is 0 Å². The minimum absolute atomic E-state index is 0.437. The maximum atomic E-state index is 8.99. The fraction of sp³-hybridized carbons (Fsp3) is 0. The zero-order valence-corrected chi connectivity index (χ0v) is 6.62. The lowest BCUT2D eigenvalue weighted by Crippen LogP contribution is -1.71. The molecule has 0 aromatic rings. The Hall–Kier alpha value is -0.973. The van der Waals surface area contributed by atoms with Crippen LogP contribution in [0.3, 0.4) is 0 Å². The van der Waals surface area contributed by atoms with Gasteiger partial charge in [0.15, 0.2) is 0 Å². The van der Waals surface area contributed by atoms with Crippen LogP contribution in [0.25, 0.3) is 0 Å². The second-order valence-corrected chi connectivity index (χ2v) is 0.803. The molecule has 0 atom stereocenters. The first-order chi connectivity index (χ1) is 3.91. The molecule has 4 nitrogen and oxygen atoms in total. The van der Waals surface area contributed by atoms with E-state index in [0.717, 1.165) is 0 Å². The van der Waals surface area contributed by atoms with Crippen molar-refractivity contribution in [1.82, 2.24) is 0 Å². The van der Waals surface area contributed by atoms with E-state index in [0.29, 0.717) is 17.0 Å². The Labute approximate surface area is 50.4 Å². The second-order valence-electron chi connectivity index (χ2n) is 0.332. The molecule has 0 aliphatic carbocycles. The van der Waals surface area contributed by atoms with Gasteiger partial charge >= 0.3 is 0 Å². The lowest BCUT2D eigenvalue weighted by molar-refractivity contribution is -0.120. The van der Waals surface area contributed by atoms with Crippen molar-refractivity contribution in [2.75, 3.05) is 0 Å². The lowest BCUT2D eigenvalue weighted by Gasteiger charge is -1.68. The van der Waals surface area contributed by atoms with Crippen molar-refractivity contribution >= 4 is 30.5 Å². The van der Waals surface area contributed by atoms with Crippen LogP contribution in [0, 0.1) is 0 Å². The first-order valence-electron chi connectivity index (χ1n) is 1.46. The zero-order valence-electron chi connectivity index (χ0n) is 4.62.